The van der Waals surface area contributed by atoms with Crippen molar-refractivity contribution in [1.29, 1.82) is 0 Å². The van der Waals surface area contributed by atoms with Crippen molar-refractivity contribution < 1.29 is 4.74 Å². The lowest BCUT2D eigenvalue weighted by molar-refractivity contribution is 0.128. The SMILES string of the molecule is CCCCOC[C@@H](N)C#Cc1ccc(Cl)cc1. The minimum atomic E-state index is -0.234. The number of hydrogen-bond donors (Lipinski definition) is 1. The number of hydrogen-bond acceptors (Lipinski definition) is 2. The molecule has 0 heterocycles. The highest BCUT2D eigenvalue weighted by molar-refractivity contribution is 6.30. The summed E-state index contributed by atoms with van der Waals surface area (Å²) in [6, 6.07) is 7.14. The van der Waals surface area contributed by atoms with Crippen LogP contribution in [-0.4, -0.2) is 19.3 Å². The zero-order chi connectivity index (χ0) is 12.5. The Morgan fingerprint density at radius 3 is 2.71 bits per heavy atom. The molecule has 1 aromatic rings. The van der Waals surface area contributed by atoms with Gasteiger partial charge in [0.2, 0.25) is 0 Å². The summed E-state index contributed by atoms with van der Waals surface area (Å²) in [6.45, 7) is 3.37. The summed E-state index contributed by atoms with van der Waals surface area (Å²) < 4.78 is 5.39. The van der Waals surface area contributed by atoms with Crippen LogP contribution in [0.4, 0.5) is 0 Å². The molecule has 1 atom stereocenters. The average Bonchev–Trinajstić information content (AvgIpc) is 2.34. The Balaban J connectivity index is 2.35. The van der Waals surface area contributed by atoms with Crippen LogP contribution in [0.15, 0.2) is 24.3 Å². The van der Waals surface area contributed by atoms with E-state index in [9.17, 15) is 0 Å². The third-order valence-corrected chi connectivity index (χ3v) is 2.44. The molecule has 0 aromatic heterocycles. The number of nitrogens with two attached hydrogens (primary N) is 1. The van der Waals surface area contributed by atoms with Crippen molar-refractivity contribution in [2.24, 2.45) is 5.73 Å². The zero-order valence-electron chi connectivity index (χ0n) is 10.1. The van der Waals surface area contributed by atoms with E-state index in [0.29, 0.717) is 11.6 Å². The second-order valence-corrected chi connectivity index (χ2v) is 4.25. The standard InChI is InChI=1S/C14H18ClNO/c1-2-3-10-17-11-14(16)9-6-12-4-7-13(15)8-5-12/h4-5,7-8,14H,2-3,10-11,16H2,1H3/t14-/m0/s1. The van der Waals surface area contributed by atoms with E-state index in [1.54, 1.807) is 0 Å². The van der Waals surface area contributed by atoms with Gasteiger partial charge in [-0.2, -0.15) is 0 Å². The lowest BCUT2D eigenvalue weighted by atomic mass is 10.2. The quantitative estimate of drug-likeness (QED) is 0.645. The Morgan fingerprint density at radius 2 is 2.06 bits per heavy atom. The summed E-state index contributed by atoms with van der Waals surface area (Å²) >= 11 is 5.78. The summed E-state index contributed by atoms with van der Waals surface area (Å²) in [5, 5.41) is 0.711. The minimum Gasteiger partial charge on any atom is -0.379 e. The van der Waals surface area contributed by atoms with E-state index in [-0.39, 0.29) is 6.04 Å². The van der Waals surface area contributed by atoms with Crippen LogP contribution in [0.2, 0.25) is 5.02 Å². The molecule has 0 saturated carbocycles. The molecule has 0 bridgehead atoms. The maximum Gasteiger partial charge on any atom is 0.0905 e. The van der Waals surface area contributed by atoms with Gasteiger partial charge in [-0.1, -0.05) is 36.8 Å². The smallest absolute Gasteiger partial charge is 0.0905 e. The predicted octanol–water partition coefficient (Wildman–Crippen LogP) is 2.84. The zero-order valence-corrected chi connectivity index (χ0v) is 10.8. The van der Waals surface area contributed by atoms with Crippen molar-refractivity contribution in [1.82, 2.24) is 0 Å². The van der Waals surface area contributed by atoms with E-state index in [1.165, 1.54) is 0 Å². The predicted molar refractivity (Wildman–Crippen MR) is 72.0 cm³/mol. The molecule has 0 aliphatic carbocycles. The van der Waals surface area contributed by atoms with Gasteiger partial charge in [0.25, 0.3) is 0 Å². The highest BCUT2D eigenvalue weighted by atomic mass is 35.5. The van der Waals surface area contributed by atoms with Gasteiger partial charge in [-0.3, -0.25) is 0 Å². The van der Waals surface area contributed by atoms with Crippen molar-refractivity contribution in [3.8, 4) is 11.8 Å². The highest BCUT2D eigenvalue weighted by Crippen LogP contribution is 2.08. The first-order valence-electron chi connectivity index (χ1n) is 5.83. The monoisotopic (exact) mass is 251 g/mol. The molecule has 2 N–H and O–H groups in total. The van der Waals surface area contributed by atoms with Crippen LogP contribution in [0.25, 0.3) is 0 Å². The topological polar surface area (TPSA) is 35.2 Å². The lowest BCUT2D eigenvalue weighted by Gasteiger charge is -2.05. The number of unbranched alkanes of at least 4 members (excludes halogenated alkanes) is 1. The molecule has 0 fully saturated rings. The normalized spacial score (nSPS) is 11.7. The van der Waals surface area contributed by atoms with Crippen molar-refractivity contribution >= 4 is 11.6 Å². The molecule has 0 radical (unpaired) electrons. The van der Waals surface area contributed by atoms with Crippen LogP contribution >= 0.6 is 11.6 Å². The van der Waals surface area contributed by atoms with E-state index < -0.39 is 0 Å². The molecule has 3 heteroatoms. The Kier molecular flexibility index (Phi) is 6.73. The van der Waals surface area contributed by atoms with Gasteiger partial charge in [-0.05, 0) is 30.7 Å². The minimum absolute atomic E-state index is 0.234. The van der Waals surface area contributed by atoms with E-state index in [4.69, 9.17) is 22.1 Å². The van der Waals surface area contributed by atoms with Gasteiger partial charge >= 0.3 is 0 Å². The molecule has 92 valence electrons. The van der Waals surface area contributed by atoms with Crippen LogP contribution in [-0.2, 0) is 4.74 Å². The number of ether oxygens (including phenoxy) is 1. The summed E-state index contributed by atoms with van der Waals surface area (Å²) in [4.78, 5) is 0. The maximum atomic E-state index is 5.81. The van der Waals surface area contributed by atoms with E-state index in [2.05, 4.69) is 18.8 Å². The number of halogens is 1. The molecule has 0 aliphatic heterocycles. The molecule has 1 rings (SSSR count). The summed E-state index contributed by atoms with van der Waals surface area (Å²) in [7, 11) is 0. The first kappa shape index (κ1) is 14.1. The van der Waals surface area contributed by atoms with E-state index in [0.717, 1.165) is 25.0 Å². The van der Waals surface area contributed by atoms with E-state index in [1.807, 2.05) is 24.3 Å². The summed E-state index contributed by atoms with van der Waals surface area (Å²) in [5.41, 5.74) is 6.72. The lowest BCUT2D eigenvalue weighted by Crippen LogP contribution is -2.24. The van der Waals surface area contributed by atoms with Crippen LogP contribution in [0.3, 0.4) is 0 Å². The van der Waals surface area contributed by atoms with Gasteiger partial charge in [0.1, 0.15) is 0 Å². The average molecular weight is 252 g/mol. The molecule has 1 aromatic carbocycles. The Bertz CT molecular complexity index is 377. The summed E-state index contributed by atoms with van der Waals surface area (Å²) in [6.07, 6.45) is 2.20. The molecular formula is C14H18ClNO. The fourth-order valence-electron chi connectivity index (χ4n) is 1.21. The van der Waals surface area contributed by atoms with Gasteiger partial charge < -0.3 is 10.5 Å². The van der Waals surface area contributed by atoms with Gasteiger partial charge in [0.05, 0.1) is 12.6 Å². The second-order valence-electron chi connectivity index (χ2n) is 3.81. The van der Waals surface area contributed by atoms with Crippen LogP contribution in [0.5, 0.6) is 0 Å². The highest BCUT2D eigenvalue weighted by Gasteiger charge is 1.96. The van der Waals surface area contributed by atoms with Crippen LogP contribution in [0.1, 0.15) is 25.3 Å². The molecule has 2 nitrogen and oxygen atoms in total. The van der Waals surface area contributed by atoms with Crippen LogP contribution < -0.4 is 5.73 Å². The number of benzene rings is 1. The third-order valence-electron chi connectivity index (χ3n) is 2.19. The Morgan fingerprint density at radius 1 is 1.35 bits per heavy atom. The van der Waals surface area contributed by atoms with Crippen molar-refractivity contribution in [2.45, 2.75) is 25.8 Å². The molecule has 17 heavy (non-hydrogen) atoms. The van der Waals surface area contributed by atoms with Gasteiger partial charge in [0, 0.05) is 17.2 Å². The second kappa shape index (κ2) is 8.14. The largest absolute Gasteiger partial charge is 0.379 e. The van der Waals surface area contributed by atoms with Crippen molar-refractivity contribution in [3.05, 3.63) is 34.9 Å². The fraction of sp³-hybridized carbons (Fsp3) is 0.429. The van der Waals surface area contributed by atoms with Crippen molar-refractivity contribution in [3.63, 3.8) is 0 Å². The molecule has 0 unspecified atom stereocenters. The first-order chi connectivity index (χ1) is 8.22. The van der Waals surface area contributed by atoms with Gasteiger partial charge in [-0.15, -0.1) is 0 Å². The number of rotatable bonds is 5. The molecule has 0 aliphatic rings. The molecule has 0 saturated heterocycles. The van der Waals surface area contributed by atoms with Crippen LogP contribution in [0, 0.1) is 11.8 Å². The molecular weight excluding hydrogens is 234 g/mol. The maximum absolute atomic E-state index is 5.81. The Labute approximate surface area is 108 Å². The molecule has 0 spiro atoms. The fourth-order valence-corrected chi connectivity index (χ4v) is 1.33. The van der Waals surface area contributed by atoms with E-state index >= 15 is 0 Å². The molecule has 0 amide bonds. The van der Waals surface area contributed by atoms with Crippen molar-refractivity contribution in [2.75, 3.05) is 13.2 Å². The summed E-state index contributed by atoms with van der Waals surface area (Å²) in [5.74, 6) is 5.95. The van der Waals surface area contributed by atoms with Gasteiger partial charge in [0.15, 0.2) is 0 Å². The van der Waals surface area contributed by atoms with Gasteiger partial charge in [-0.25, -0.2) is 0 Å². The Hall–Kier alpha value is -1.01. The third kappa shape index (κ3) is 6.33. The first-order valence-corrected chi connectivity index (χ1v) is 6.20.